The zero-order chi connectivity index (χ0) is 15.2. The molecule has 4 heteroatoms. The van der Waals surface area contributed by atoms with Gasteiger partial charge in [0.1, 0.15) is 5.75 Å². The quantitative estimate of drug-likeness (QED) is 0.758. The molecule has 0 bridgehead atoms. The van der Waals surface area contributed by atoms with Crippen molar-refractivity contribution in [3.63, 3.8) is 0 Å². The van der Waals surface area contributed by atoms with Gasteiger partial charge in [0.25, 0.3) is 5.91 Å². The molecular formula is C17H18INO2. The predicted octanol–water partition coefficient (Wildman–Crippen LogP) is 3.75. The van der Waals surface area contributed by atoms with Gasteiger partial charge >= 0.3 is 0 Å². The van der Waals surface area contributed by atoms with Crippen LogP contribution in [0.2, 0.25) is 0 Å². The van der Waals surface area contributed by atoms with Crippen molar-refractivity contribution in [3.05, 3.63) is 63.2 Å². The number of halogens is 1. The molecule has 0 aliphatic rings. The Hall–Kier alpha value is -1.56. The Morgan fingerprint density at radius 3 is 2.67 bits per heavy atom. The molecule has 0 aliphatic carbocycles. The van der Waals surface area contributed by atoms with Crippen molar-refractivity contribution in [3.8, 4) is 5.75 Å². The van der Waals surface area contributed by atoms with E-state index in [1.54, 1.807) is 18.2 Å². The number of nitrogens with one attached hydrogen (secondary N) is 1. The SMILES string of the molecule is CC(CCc1ccccc1)NC(=O)c1cc(I)ccc1O. The van der Waals surface area contributed by atoms with Gasteiger partial charge in [-0.1, -0.05) is 30.3 Å². The van der Waals surface area contributed by atoms with Crippen molar-refractivity contribution in [1.82, 2.24) is 5.32 Å². The topological polar surface area (TPSA) is 49.3 Å². The molecule has 3 nitrogen and oxygen atoms in total. The van der Waals surface area contributed by atoms with Gasteiger partial charge in [-0.3, -0.25) is 4.79 Å². The Morgan fingerprint density at radius 2 is 1.95 bits per heavy atom. The molecule has 21 heavy (non-hydrogen) atoms. The van der Waals surface area contributed by atoms with Gasteiger partial charge in [-0.2, -0.15) is 0 Å². The lowest BCUT2D eigenvalue weighted by Crippen LogP contribution is -2.33. The molecule has 0 fully saturated rings. The molecule has 0 aliphatic heterocycles. The number of rotatable bonds is 5. The zero-order valence-electron chi connectivity index (χ0n) is 11.8. The number of amides is 1. The highest BCUT2D eigenvalue weighted by Gasteiger charge is 2.14. The molecule has 2 N–H and O–H groups in total. The van der Waals surface area contributed by atoms with E-state index in [-0.39, 0.29) is 17.7 Å². The number of phenols is 1. The van der Waals surface area contributed by atoms with Gasteiger partial charge in [-0.25, -0.2) is 0 Å². The van der Waals surface area contributed by atoms with Gasteiger partial charge in [-0.05, 0) is 66.1 Å². The van der Waals surface area contributed by atoms with E-state index in [1.807, 2.05) is 25.1 Å². The number of benzene rings is 2. The second-order valence-corrected chi connectivity index (χ2v) is 6.31. The maximum Gasteiger partial charge on any atom is 0.255 e. The molecule has 110 valence electrons. The number of carbonyl (C=O) groups is 1. The van der Waals surface area contributed by atoms with Crippen LogP contribution in [-0.2, 0) is 6.42 Å². The minimum Gasteiger partial charge on any atom is -0.507 e. The summed E-state index contributed by atoms with van der Waals surface area (Å²) >= 11 is 2.12. The summed E-state index contributed by atoms with van der Waals surface area (Å²) in [7, 11) is 0. The third kappa shape index (κ3) is 4.74. The van der Waals surface area contributed by atoms with E-state index in [4.69, 9.17) is 0 Å². The smallest absolute Gasteiger partial charge is 0.255 e. The number of aromatic hydroxyl groups is 1. The highest BCUT2D eigenvalue weighted by atomic mass is 127. The van der Waals surface area contributed by atoms with Gasteiger partial charge in [0.2, 0.25) is 0 Å². The third-order valence-electron chi connectivity index (χ3n) is 3.29. The lowest BCUT2D eigenvalue weighted by molar-refractivity contribution is 0.0935. The largest absolute Gasteiger partial charge is 0.507 e. The van der Waals surface area contributed by atoms with Gasteiger partial charge in [0.15, 0.2) is 0 Å². The lowest BCUT2D eigenvalue weighted by atomic mass is 10.1. The minimum absolute atomic E-state index is 0.0168. The maximum absolute atomic E-state index is 12.2. The second kappa shape index (κ2) is 7.45. The van der Waals surface area contributed by atoms with Crippen LogP contribution in [0.25, 0.3) is 0 Å². The van der Waals surface area contributed by atoms with Crippen LogP contribution in [0, 0.1) is 3.57 Å². The van der Waals surface area contributed by atoms with Crippen LogP contribution < -0.4 is 5.32 Å². The predicted molar refractivity (Wildman–Crippen MR) is 92.5 cm³/mol. The van der Waals surface area contributed by atoms with E-state index in [0.717, 1.165) is 16.4 Å². The number of hydrogen-bond donors (Lipinski definition) is 2. The van der Waals surface area contributed by atoms with Crippen molar-refractivity contribution in [2.75, 3.05) is 0 Å². The summed E-state index contributed by atoms with van der Waals surface area (Å²) in [6.07, 6.45) is 1.78. The maximum atomic E-state index is 12.2. The number of phenolic OH excluding ortho intramolecular Hbond substituents is 1. The first kappa shape index (κ1) is 15.8. The standard InChI is InChI=1S/C17H18INO2/c1-12(7-8-13-5-3-2-4-6-13)19-17(21)15-11-14(18)9-10-16(15)20/h2-6,9-12,20H,7-8H2,1H3,(H,19,21). The van der Waals surface area contributed by atoms with Crippen molar-refractivity contribution >= 4 is 28.5 Å². The highest BCUT2D eigenvalue weighted by Crippen LogP contribution is 2.19. The first-order valence-corrected chi connectivity index (χ1v) is 7.97. The van der Waals surface area contributed by atoms with Crippen molar-refractivity contribution < 1.29 is 9.90 Å². The average molecular weight is 395 g/mol. The molecule has 2 rings (SSSR count). The van der Waals surface area contributed by atoms with E-state index in [2.05, 4.69) is 40.0 Å². The molecule has 0 heterocycles. The van der Waals surface area contributed by atoms with E-state index in [1.165, 1.54) is 5.56 Å². The Labute approximate surface area is 138 Å². The van der Waals surface area contributed by atoms with Gasteiger partial charge in [0, 0.05) is 9.61 Å². The normalized spacial score (nSPS) is 11.9. The van der Waals surface area contributed by atoms with E-state index in [9.17, 15) is 9.90 Å². The summed E-state index contributed by atoms with van der Waals surface area (Å²) in [5.41, 5.74) is 1.59. The van der Waals surface area contributed by atoms with E-state index in [0.29, 0.717) is 5.56 Å². The van der Waals surface area contributed by atoms with Crippen LogP contribution in [0.4, 0.5) is 0 Å². The zero-order valence-corrected chi connectivity index (χ0v) is 14.0. The second-order valence-electron chi connectivity index (χ2n) is 5.06. The van der Waals surface area contributed by atoms with Crippen LogP contribution in [0.5, 0.6) is 5.75 Å². The molecule has 2 aromatic carbocycles. The molecular weight excluding hydrogens is 377 g/mol. The summed E-state index contributed by atoms with van der Waals surface area (Å²) in [6.45, 7) is 1.98. The number of aryl methyl sites for hydroxylation is 1. The third-order valence-corrected chi connectivity index (χ3v) is 3.96. The Bertz CT molecular complexity index is 613. The Morgan fingerprint density at radius 1 is 1.24 bits per heavy atom. The van der Waals surface area contributed by atoms with Crippen LogP contribution >= 0.6 is 22.6 Å². The summed E-state index contributed by atoms with van der Waals surface area (Å²) in [4.78, 5) is 12.2. The summed E-state index contributed by atoms with van der Waals surface area (Å²) < 4.78 is 0.924. The molecule has 0 saturated carbocycles. The Kier molecular flexibility index (Phi) is 5.61. The van der Waals surface area contributed by atoms with E-state index < -0.39 is 0 Å². The van der Waals surface area contributed by atoms with Gasteiger partial charge < -0.3 is 10.4 Å². The van der Waals surface area contributed by atoms with Crippen molar-refractivity contribution in [2.24, 2.45) is 0 Å². The number of carbonyl (C=O) groups excluding carboxylic acids is 1. The molecule has 1 amide bonds. The molecule has 0 radical (unpaired) electrons. The highest BCUT2D eigenvalue weighted by molar-refractivity contribution is 14.1. The first-order chi connectivity index (χ1) is 10.1. The first-order valence-electron chi connectivity index (χ1n) is 6.89. The summed E-state index contributed by atoms with van der Waals surface area (Å²) in [5.74, 6) is -0.213. The fourth-order valence-electron chi connectivity index (χ4n) is 2.09. The molecule has 0 spiro atoms. The van der Waals surface area contributed by atoms with Gasteiger partial charge in [-0.15, -0.1) is 0 Å². The number of hydrogen-bond acceptors (Lipinski definition) is 2. The average Bonchev–Trinajstić information content (AvgIpc) is 2.48. The molecule has 2 aromatic rings. The molecule has 1 unspecified atom stereocenters. The van der Waals surface area contributed by atoms with Crippen LogP contribution in [-0.4, -0.2) is 17.1 Å². The van der Waals surface area contributed by atoms with E-state index >= 15 is 0 Å². The molecule has 0 aromatic heterocycles. The van der Waals surface area contributed by atoms with Gasteiger partial charge in [0.05, 0.1) is 5.56 Å². The monoisotopic (exact) mass is 395 g/mol. The minimum atomic E-state index is -0.230. The van der Waals surface area contributed by atoms with Crippen molar-refractivity contribution in [2.45, 2.75) is 25.8 Å². The van der Waals surface area contributed by atoms with Crippen LogP contribution in [0.1, 0.15) is 29.3 Å². The fourth-order valence-corrected chi connectivity index (χ4v) is 2.58. The summed E-state index contributed by atoms with van der Waals surface area (Å²) in [5, 5.41) is 12.7. The fraction of sp³-hybridized carbons (Fsp3) is 0.235. The van der Waals surface area contributed by atoms with Crippen LogP contribution in [0.15, 0.2) is 48.5 Å². The lowest BCUT2D eigenvalue weighted by Gasteiger charge is -2.14. The summed E-state index contributed by atoms with van der Waals surface area (Å²) in [6, 6.07) is 15.3. The molecule has 1 atom stereocenters. The van der Waals surface area contributed by atoms with Crippen molar-refractivity contribution in [1.29, 1.82) is 0 Å². The van der Waals surface area contributed by atoms with Crippen LogP contribution in [0.3, 0.4) is 0 Å². The Balaban J connectivity index is 1.91. The molecule has 0 saturated heterocycles.